The van der Waals surface area contributed by atoms with Gasteiger partial charge in [-0.2, -0.15) is 0 Å². The van der Waals surface area contributed by atoms with E-state index in [2.05, 4.69) is 34.3 Å². The molecule has 0 aromatic rings. The molecule has 9 atom stereocenters. The van der Waals surface area contributed by atoms with Crippen LogP contribution in [0.25, 0.3) is 0 Å². The summed E-state index contributed by atoms with van der Waals surface area (Å²) in [6, 6.07) is -0.0956. The molecule has 1 spiro atoms. The molecule has 4 rings (SSSR count). The molecule has 4 aliphatic rings. The number of aliphatic hydroxyl groups excluding tert-OH is 1. The van der Waals surface area contributed by atoms with Gasteiger partial charge in [0, 0.05) is 50.9 Å². The minimum atomic E-state index is -0.844. The Labute approximate surface area is 326 Å². The zero-order valence-corrected chi connectivity index (χ0v) is 33.5. The molecule has 5 N–H and O–H groups in total. The first kappa shape index (κ1) is 44.1. The molecule has 55 heavy (non-hydrogen) atoms. The van der Waals surface area contributed by atoms with Crippen LogP contribution in [0.3, 0.4) is 0 Å². The Kier molecular flexibility index (Phi) is 16.9. The van der Waals surface area contributed by atoms with Crippen LogP contribution in [0.4, 0.5) is 0 Å². The lowest BCUT2D eigenvalue weighted by molar-refractivity contribution is -0.146. The maximum atomic E-state index is 13.0. The van der Waals surface area contributed by atoms with Gasteiger partial charge >= 0.3 is 5.97 Å². The van der Waals surface area contributed by atoms with Crippen LogP contribution in [0.2, 0.25) is 0 Å². The summed E-state index contributed by atoms with van der Waals surface area (Å²) in [5.74, 6) is -0.534. The minimum Gasteiger partial charge on any atom is -0.459 e. The van der Waals surface area contributed by atoms with Crippen LogP contribution < -0.4 is 21.3 Å². The number of aliphatic hydroxyl groups is 1. The molecule has 9 unspecified atom stereocenters. The summed E-state index contributed by atoms with van der Waals surface area (Å²) >= 11 is 0. The SMILES string of the molecule is CCC(=O)NCCCCCC(=O)NC1CC(NC(=O)CC2CC3(CO3)C(O)C(C=CC(C)=CCC3OC(C)C(NC(=O)C=CC(C)OC(C)=O)CC3C)O2)C1. The van der Waals surface area contributed by atoms with Crippen molar-refractivity contribution in [3.63, 3.8) is 0 Å². The second-order valence-corrected chi connectivity index (χ2v) is 15.9. The number of amides is 4. The third kappa shape index (κ3) is 14.5. The van der Waals surface area contributed by atoms with Crippen molar-refractivity contribution in [1.29, 1.82) is 0 Å². The molecule has 3 heterocycles. The van der Waals surface area contributed by atoms with Crippen molar-refractivity contribution >= 4 is 29.6 Å². The van der Waals surface area contributed by atoms with E-state index in [1.165, 1.54) is 13.0 Å². The summed E-state index contributed by atoms with van der Waals surface area (Å²) < 4.78 is 23.3. The Balaban J connectivity index is 1.15. The van der Waals surface area contributed by atoms with Gasteiger partial charge in [-0.05, 0) is 71.3 Å². The predicted octanol–water partition coefficient (Wildman–Crippen LogP) is 3.21. The molecule has 0 bridgehead atoms. The molecule has 308 valence electrons. The van der Waals surface area contributed by atoms with Crippen LogP contribution in [-0.2, 0) is 42.9 Å². The van der Waals surface area contributed by atoms with Gasteiger partial charge in [0.2, 0.25) is 23.6 Å². The smallest absolute Gasteiger partial charge is 0.303 e. The number of ether oxygens (including phenoxy) is 4. The molecule has 0 radical (unpaired) electrons. The second-order valence-electron chi connectivity index (χ2n) is 15.9. The number of carbonyl (C=O) groups excluding carboxylic acids is 5. The maximum absolute atomic E-state index is 13.0. The van der Waals surface area contributed by atoms with Gasteiger partial charge in [0.1, 0.15) is 23.9 Å². The van der Waals surface area contributed by atoms with E-state index in [1.807, 2.05) is 32.9 Å². The molecular formula is C41H64N4O10. The largest absolute Gasteiger partial charge is 0.459 e. The van der Waals surface area contributed by atoms with Gasteiger partial charge in [-0.15, -0.1) is 0 Å². The standard InChI is InChI=1S/C41H64N4O10/c1-7-36(47)42-18-10-8-9-11-37(48)43-30-20-31(21-30)44-39(50)22-32-23-41(24-52-41)40(51)35(55-32)16-13-25(2)12-15-34-26(3)19-33(28(5)54-34)45-38(49)17-14-27(4)53-29(6)46/h12-14,16-17,26-28,30-35,40,51H,7-11,15,18-24H2,1-6H3,(H,42,47)(H,43,48)(H,44,50)(H,45,49). The maximum Gasteiger partial charge on any atom is 0.303 e. The molecule has 3 aliphatic heterocycles. The lowest BCUT2D eigenvalue weighted by atomic mass is 9.85. The highest BCUT2D eigenvalue weighted by atomic mass is 16.6. The Morgan fingerprint density at radius 2 is 1.64 bits per heavy atom. The zero-order chi connectivity index (χ0) is 40.1. The van der Waals surface area contributed by atoms with Crippen molar-refractivity contribution in [2.24, 2.45) is 5.92 Å². The van der Waals surface area contributed by atoms with Crippen LogP contribution in [-0.4, -0.2) is 108 Å². The molecule has 14 heteroatoms. The molecule has 4 fully saturated rings. The average Bonchev–Trinajstić information content (AvgIpc) is 3.88. The number of rotatable bonds is 19. The molecular weight excluding hydrogens is 708 g/mol. The zero-order valence-electron chi connectivity index (χ0n) is 33.5. The topological polar surface area (TPSA) is 194 Å². The number of allylic oxidation sites excluding steroid dienone is 2. The lowest BCUT2D eigenvalue weighted by Gasteiger charge is -2.39. The number of esters is 1. The van der Waals surface area contributed by atoms with Crippen molar-refractivity contribution in [1.82, 2.24) is 21.3 Å². The van der Waals surface area contributed by atoms with Gasteiger partial charge < -0.3 is 45.3 Å². The molecule has 1 saturated carbocycles. The fraction of sp³-hybridized carbons (Fsp3) is 0.732. The third-order valence-electron chi connectivity index (χ3n) is 10.9. The normalized spacial score (nSPS) is 32.4. The van der Waals surface area contributed by atoms with E-state index in [0.29, 0.717) is 51.7 Å². The van der Waals surface area contributed by atoms with Crippen molar-refractivity contribution < 1.29 is 48.0 Å². The van der Waals surface area contributed by atoms with Crippen LogP contribution in [0, 0.1) is 5.92 Å². The summed E-state index contributed by atoms with van der Waals surface area (Å²) in [5.41, 5.74) is 0.283. The van der Waals surface area contributed by atoms with E-state index in [4.69, 9.17) is 18.9 Å². The number of nitrogens with one attached hydrogen (secondary N) is 4. The predicted molar refractivity (Wildman–Crippen MR) is 205 cm³/mol. The number of hydrogen-bond acceptors (Lipinski definition) is 10. The number of epoxide rings is 1. The van der Waals surface area contributed by atoms with E-state index in [1.54, 1.807) is 13.0 Å². The van der Waals surface area contributed by atoms with Crippen LogP contribution in [0.1, 0.15) is 112 Å². The van der Waals surface area contributed by atoms with Crippen LogP contribution >= 0.6 is 0 Å². The summed E-state index contributed by atoms with van der Waals surface area (Å²) in [7, 11) is 0. The Morgan fingerprint density at radius 1 is 0.927 bits per heavy atom. The van der Waals surface area contributed by atoms with Gasteiger partial charge in [-0.1, -0.05) is 44.1 Å². The molecule has 4 amide bonds. The molecule has 14 nitrogen and oxygen atoms in total. The quantitative estimate of drug-likeness (QED) is 0.0428. The van der Waals surface area contributed by atoms with E-state index < -0.39 is 36.0 Å². The first-order chi connectivity index (χ1) is 26.2. The Morgan fingerprint density at radius 3 is 2.31 bits per heavy atom. The summed E-state index contributed by atoms with van der Waals surface area (Å²) in [5, 5.41) is 23.0. The van der Waals surface area contributed by atoms with Gasteiger partial charge in [0.25, 0.3) is 0 Å². The van der Waals surface area contributed by atoms with E-state index in [0.717, 1.165) is 31.3 Å². The van der Waals surface area contributed by atoms with Crippen molar-refractivity contribution in [3.05, 3.63) is 36.0 Å². The first-order valence-electron chi connectivity index (χ1n) is 20.2. The highest BCUT2D eigenvalue weighted by Crippen LogP contribution is 2.43. The van der Waals surface area contributed by atoms with E-state index in [-0.39, 0.29) is 66.3 Å². The van der Waals surface area contributed by atoms with Crippen molar-refractivity contribution in [3.8, 4) is 0 Å². The van der Waals surface area contributed by atoms with E-state index in [9.17, 15) is 29.1 Å². The molecule has 0 aromatic carbocycles. The Hall–Kier alpha value is -3.59. The van der Waals surface area contributed by atoms with Gasteiger partial charge in [0.15, 0.2) is 0 Å². The van der Waals surface area contributed by atoms with Crippen molar-refractivity contribution in [2.45, 2.75) is 173 Å². The fourth-order valence-electron chi connectivity index (χ4n) is 7.47. The van der Waals surface area contributed by atoms with Gasteiger partial charge in [-0.25, -0.2) is 0 Å². The Bertz CT molecular complexity index is 1420. The molecule has 0 aromatic heterocycles. The lowest BCUT2D eigenvalue weighted by Crippen LogP contribution is -2.55. The van der Waals surface area contributed by atoms with Gasteiger partial charge in [0.05, 0.1) is 37.4 Å². The van der Waals surface area contributed by atoms with Crippen LogP contribution in [0.5, 0.6) is 0 Å². The number of unbranched alkanes of at least 4 members (excludes halogenated alkanes) is 2. The summed E-state index contributed by atoms with van der Waals surface area (Å²) in [6.07, 6.45) is 13.0. The monoisotopic (exact) mass is 772 g/mol. The van der Waals surface area contributed by atoms with E-state index >= 15 is 0 Å². The van der Waals surface area contributed by atoms with Gasteiger partial charge in [-0.3, -0.25) is 24.0 Å². The highest BCUT2D eigenvalue weighted by Gasteiger charge is 2.58. The summed E-state index contributed by atoms with van der Waals surface area (Å²) in [4.78, 5) is 60.1. The van der Waals surface area contributed by atoms with Crippen LogP contribution in [0.15, 0.2) is 36.0 Å². The fourth-order valence-corrected chi connectivity index (χ4v) is 7.47. The number of carbonyl (C=O) groups is 5. The molecule has 1 aliphatic carbocycles. The molecule has 3 saturated heterocycles. The average molecular weight is 773 g/mol. The summed E-state index contributed by atoms with van der Waals surface area (Å²) in [6.45, 7) is 11.9. The third-order valence-corrected chi connectivity index (χ3v) is 10.9. The second kappa shape index (κ2) is 21.1. The highest BCUT2D eigenvalue weighted by molar-refractivity contribution is 5.87. The first-order valence-corrected chi connectivity index (χ1v) is 20.2. The number of hydrogen-bond donors (Lipinski definition) is 5. The van der Waals surface area contributed by atoms with Crippen molar-refractivity contribution in [2.75, 3.05) is 13.2 Å². The minimum absolute atomic E-state index is 0.00164.